The van der Waals surface area contributed by atoms with Crippen LogP contribution in [-0.2, 0) is 6.54 Å². The molecule has 0 fully saturated rings. The van der Waals surface area contributed by atoms with Gasteiger partial charge in [-0.2, -0.15) is 0 Å². The molecule has 2 aromatic rings. The van der Waals surface area contributed by atoms with Crippen LogP contribution in [-0.4, -0.2) is 0 Å². The number of hydrogen-bond donors (Lipinski definition) is 1. The maximum absolute atomic E-state index is 6.29. The van der Waals surface area contributed by atoms with Crippen LogP contribution >= 0.6 is 23.2 Å². The number of benzene rings is 2. The molecule has 2 N–H and O–H groups in total. The van der Waals surface area contributed by atoms with E-state index < -0.39 is 0 Å². The Labute approximate surface area is 135 Å². The van der Waals surface area contributed by atoms with Crippen molar-refractivity contribution in [2.45, 2.75) is 33.2 Å². The maximum Gasteiger partial charge on any atom is 0.132 e. The van der Waals surface area contributed by atoms with E-state index in [2.05, 4.69) is 13.8 Å². The normalized spacial score (nSPS) is 11.0. The molecule has 0 atom stereocenters. The fourth-order valence-electron chi connectivity index (χ4n) is 2.15. The Kier molecular flexibility index (Phi) is 5.15. The number of nitrogens with two attached hydrogens (primary N) is 1. The second kappa shape index (κ2) is 6.69. The first-order valence-electron chi connectivity index (χ1n) is 6.88. The second-order valence-electron chi connectivity index (χ2n) is 5.35. The smallest absolute Gasteiger partial charge is 0.132 e. The number of aryl methyl sites for hydroxylation is 1. The standard InChI is InChI=1S/C17H19Cl2NO/c1-10(2)14-8-17(11(3)6-15(14)19)21-16-5-4-13(18)7-12(16)9-20/h4-8,10H,9,20H2,1-3H3. The van der Waals surface area contributed by atoms with Gasteiger partial charge in [0.1, 0.15) is 11.5 Å². The minimum atomic E-state index is 0.333. The summed E-state index contributed by atoms with van der Waals surface area (Å²) < 4.78 is 6.03. The van der Waals surface area contributed by atoms with Crippen molar-refractivity contribution < 1.29 is 4.74 Å². The van der Waals surface area contributed by atoms with Crippen molar-refractivity contribution in [1.29, 1.82) is 0 Å². The van der Waals surface area contributed by atoms with Crippen molar-refractivity contribution in [1.82, 2.24) is 0 Å². The van der Waals surface area contributed by atoms with Crippen LogP contribution in [0.2, 0.25) is 10.0 Å². The van der Waals surface area contributed by atoms with Crippen molar-refractivity contribution in [2.24, 2.45) is 5.73 Å². The molecule has 0 aliphatic rings. The second-order valence-corrected chi connectivity index (χ2v) is 6.20. The molecule has 0 aliphatic heterocycles. The lowest BCUT2D eigenvalue weighted by Crippen LogP contribution is -2.00. The van der Waals surface area contributed by atoms with Gasteiger partial charge in [0.05, 0.1) is 0 Å². The zero-order valence-corrected chi connectivity index (χ0v) is 13.9. The van der Waals surface area contributed by atoms with Crippen LogP contribution in [0.25, 0.3) is 0 Å². The van der Waals surface area contributed by atoms with Gasteiger partial charge in [-0.05, 0) is 54.3 Å². The highest BCUT2D eigenvalue weighted by molar-refractivity contribution is 6.31. The van der Waals surface area contributed by atoms with Gasteiger partial charge in [-0.3, -0.25) is 0 Å². The highest BCUT2D eigenvalue weighted by Crippen LogP contribution is 2.35. The third-order valence-corrected chi connectivity index (χ3v) is 3.94. The summed E-state index contributed by atoms with van der Waals surface area (Å²) in [4.78, 5) is 0. The Morgan fingerprint density at radius 2 is 1.81 bits per heavy atom. The third-order valence-electron chi connectivity index (χ3n) is 3.38. The number of ether oxygens (including phenoxy) is 1. The Balaban J connectivity index is 2.42. The maximum atomic E-state index is 6.29. The van der Waals surface area contributed by atoms with E-state index in [0.717, 1.165) is 33.2 Å². The lowest BCUT2D eigenvalue weighted by atomic mass is 10.0. The molecule has 0 amide bonds. The highest BCUT2D eigenvalue weighted by Gasteiger charge is 2.12. The predicted octanol–water partition coefficient (Wildman–Crippen LogP) is 5.68. The van der Waals surface area contributed by atoms with Gasteiger partial charge < -0.3 is 10.5 Å². The van der Waals surface area contributed by atoms with Gasteiger partial charge in [-0.1, -0.05) is 37.0 Å². The Morgan fingerprint density at radius 1 is 1.10 bits per heavy atom. The molecule has 112 valence electrons. The molecule has 21 heavy (non-hydrogen) atoms. The molecular formula is C17H19Cl2NO. The molecule has 4 heteroatoms. The molecule has 0 saturated carbocycles. The monoisotopic (exact) mass is 323 g/mol. The first-order chi connectivity index (χ1) is 9.92. The van der Waals surface area contributed by atoms with E-state index in [4.69, 9.17) is 33.7 Å². The van der Waals surface area contributed by atoms with Gasteiger partial charge in [-0.15, -0.1) is 0 Å². The van der Waals surface area contributed by atoms with Crippen LogP contribution in [0.4, 0.5) is 0 Å². The number of rotatable bonds is 4. The summed E-state index contributed by atoms with van der Waals surface area (Å²) in [6.07, 6.45) is 0. The Hall–Kier alpha value is -1.22. The van der Waals surface area contributed by atoms with Crippen molar-refractivity contribution in [2.75, 3.05) is 0 Å². The third kappa shape index (κ3) is 3.70. The van der Waals surface area contributed by atoms with E-state index in [1.54, 1.807) is 6.07 Å². The summed E-state index contributed by atoms with van der Waals surface area (Å²) in [5.41, 5.74) is 8.69. The zero-order valence-electron chi connectivity index (χ0n) is 12.4. The molecule has 0 heterocycles. The number of halogens is 2. The molecule has 2 aromatic carbocycles. The fraction of sp³-hybridized carbons (Fsp3) is 0.294. The quantitative estimate of drug-likeness (QED) is 0.785. The average molecular weight is 324 g/mol. The first kappa shape index (κ1) is 16.2. The van der Waals surface area contributed by atoms with Gasteiger partial charge in [0.25, 0.3) is 0 Å². The Morgan fingerprint density at radius 3 is 2.43 bits per heavy atom. The van der Waals surface area contributed by atoms with E-state index in [9.17, 15) is 0 Å². The van der Waals surface area contributed by atoms with E-state index in [-0.39, 0.29) is 0 Å². The topological polar surface area (TPSA) is 35.2 Å². The average Bonchev–Trinajstić information content (AvgIpc) is 2.42. The summed E-state index contributed by atoms with van der Waals surface area (Å²) >= 11 is 12.3. The summed E-state index contributed by atoms with van der Waals surface area (Å²) in [5.74, 6) is 1.85. The van der Waals surface area contributed by atoms with Gasteiger partial charge in [-0.25, -0.2) is 0 Å². The van der Waals surface area contributed by atoms with Gasteiger partial charge in [0.2, 0.25) is 0 Å². The predicted molar refractivity (Wildman–Crippen MR) is 89.7 cm³/mol. The molecule has 0 aromatic heterocycles. The highest BCUT2D eigenvalue weighted by atomic mass is 35.5. The minimum Gasteiger partial charge on any atom is -0.457 e. The summed E-state index contributed by atoms with van der Waals surface area (Å²) in [7, 11) is 0. The molecule has 0 spiro atoms. The molecular weight excluding hydrogens is 305 g/mol. The van der Waals surface area contributed by atoms with Gasteiger partial charge in [0, 0.05) is 22.2 Å². The largest absolute Gasteiger partial charge is 0.457 e. The molecule has 0 bridgehead atoms. The van der Waals surface area contributed by atoms with Crippen LogP contribution in [0, 0.1) is 6.92 Å². The molecule has 2 nitrogen and oxygen atoms in total. The van der Waals surface area contributed by atoms with E-state index in [1.165, 1.54) is 0 Å². The molecule has 0 saturated heterocycles. The molecule has 0 aliphatic carbocycles. The van der Waals surface area contributed by atoms with Crippen molar-refractivity contribution in [3.05, 3.63) is 57.1 Å². The summed E-state index contributed by atoms with van der Waals surface area (Å²) in [6.45, 7) is 6.56. The molecule has 0 radical (unpaired) electrons. The minimum absolute atomic E-state index is 0.333. The SMILES string of the molecule is Cc1cc(Cl)c(C(C)C)cc1Oc1ccc(Cl)cc1CN. The lowest BCUT2D eigenvalue weighted by Gasteiger charge is -2.16. The Bertz CT molecular complexity index is 653. The van der Waals surface area contributed by atoms with Crippen LogP contribution in [0.3, 0.4) is 0 Å². The molecule has 0 unspecified atom stereocenters. The summed E-state index contributed by atoms with van der Waals surface area (Å²) in [6, 6.07) is 9.39. The zero-order chi connectivity index (χ0) is 15.6. The lowest BCUT2D eigenvalue weighted by molar-refractivity contribution is 0.471. The van der Waals surface area contributed by atoms with Gasteiger partial charge in [0.15, 0.2) is 0 Å². The van der Waals surface area contributed by atoms with Crippen LogP contribution in [0.1, 0.15) is 36.5 Å². The van der Waals surface area contributed by atoms with Crippen LogP contribution < -0.4 is 10.5 Å². The van der Waals surface area contributed by atoms with E-state index in [1.807, 2.05) is 31.2 Å². The summed E-state index contributed by atoms with van der Waals surface area (Å²) in [5, 5.41) is 1.42. The van der Waals surface area contributed by atoms with E-state index in [0.29, 0.717) is 17.5 Å². The van der Waals surface area contributed by atoms with Crippen molar-refractivity contribution >= 4 is 23.2 Å². The van der Waals surface area contributed by atoms with Crippen molar-refractivity contribution in [3.8, 4) is 11.5 Å². The van der Waals surface area contributed by atoms with Crippen molar-refractivity contribution in [3.63, 3.8) is 0 Å². The van der Waals surface area contributed by atoms with Crippen LogP contribution in [0.5, 0.6) is 11.5 Å². The fourth-order valence-corrected chi connectivity index (χ4v) is 2.78. The van der Waals surface area contributed by atoms with E-state index >= 15 is 0 Å². The number of hydrogen-bond acceptors (Lipinski definition) is 2. The van der Waals surface area contributed by atoms with Crippen LogP contribution in [0.15, 0.2) is 30.3 Å². The first-order valence-corrected chi connectivity index (χ1v) is 7.64. The molecule has 2 rings (SSSR count). The van der Waals surface area contributed by atoms with Gasteiger partial charge >= 0.3 is 0 Å².